The van der Waals surface area contributed by atoms with Gasteiger partial charge >= 0.3 is 0 Å². The van der Waals surface area contributed by atoms with Gasteiger partial charge in [0.1, 0.15) is 0 Å². The summed E-state index contributed by atoms with van der Waals surface area (Å²) >= 11 is 0. The summed E-state index contributed by atoms with van der Waals surface area (Å²) in [5.41, 5.74) is 0.619. The summed E-state index contributed by atoms with van der Waals surface area (Å²) in [5, 5.41) is 2.79. The van der Waals surface area contributed by atoms with Crippen LogP contribution in [0.15, 0.2) is 30.3 Å². The highest BCUT2D eigenvalue weighted by Gasteiger charge is 2.09. The molecule has 1 aromatic rings. The molecule has 0 spiro atoms. The highest BCUT2D eigenvalue weighted by molar-refractivity contribution is 5.94. The van der Waals surface area contributed by atoms with Crippen LogP contribution in [0.1, 0.15) is 17.3 Å². The second kappa shape index (κ2) is 8.26. The lowest BCUT2D eigenvalue weighted by atomic mass is 10.2. The fourth-order valence-corrected chi connectivity index (χ4v) is 1.62. The molecule has 0 bridgehead atoms. The Morgan fingerprint density at radius 1 is 1.21 bits per heavy atom. The molecule has 0 fully saturated rings. The van der Waals surface area contributed by atoms with Crippen LogP contribution in [0.4, 0.5) is 0 Å². The number of nitrogens with zero attached hydrogens (tertiary/aromatic N) is 1. The first-order chi connectivity index (χ1) is 9.15. The van der Waals surface area contributed by atoms with Gasteiger partial charge < -0.3 is 15.0 Å². The number of benzene rings is 1. The average molecular weight is 264 g/mol. The largest absolute Gasteiger partial charge is 0.383 e. The van der Waals surface area contributed by atoms with Crippen molar-refractivity contribution in [3.8, 4) is 0 Å². The van der Waals surface area contributed by atoms with Crippen molar-refractivity contribution in [1.82, 2.24) is 10.2 Å². The van der Waals surface area contributed by atoms with Crippen molar-refractivity contribution in [2.24, 2.45) is 0 Å². The molecule has 0 unspecified atom stereocenters. The smallest absolute Gasteiger partial charge is 0.251 e. The molecule has 5 heteroatoms. The maximum absolute atomic E-state index is 11.8. The molecule has 0 radical (unpaired) electrons. The number of carbonyl (C=O) groups is 2. The predicted octanol–water partition coefficient (Wildman–Crippen LogP) is 0.911. The van der Waals surface area contributed by atoms with E-state index < -0.39 is 0 Å². The number of nitrogens with one attached hydrogen (secondary N) is 1. The van der Waals surface area contributed by atoms with E-state index in [-0.39, 0.29) is 11.8 Å². The summed E-state index contributed by atoms with van der Waals surface area (Å²) < 4.78 is 4.94. The Balaban J connectivity index is 2.35. The fourth-order valence-electron chi connectivity index (χ4n) is 1.62. The number of rotatable bonds is 7. The maximum atomic E-state index is 11.8. The normalized spacial score (nSPS) is 10.0. The molecule has 0 atom stereocenters. The second-order valence-electron chi connectivity index (χ2n) is 4.12. The van der Waals surface area contributed by atoms with Crippen molar-refractivity contribution >= 4 is 11.8 Å². The number of hydrogen-bond donors (Lipinski definition) is 1. The average Bonchev–Trinajstić information content (AvgIpc) is 2.43. The van der Waals surface area contributed by atoms with Crippen LogP contribution in [0.25, 0.3) is 0 Å². The number of amides is 2. The van der Waals surface area contributed by atoms with Gasteiger partial charge in [0.05, 0.1) is 6.61 Å². The minimum absolute atomic E-state index is 0.0222. The molecule has 0 aliphatic rings. The molecule has 0 heterocycles. The van der Waals surface area contributed by atoms with Gasteiger partial charge in [-0.2, -0.15) is 0 Å². The van der Waals surface area contributed by atoms with E-state index in [0.717, 1.165) is 0 Å². The van der Waals surface area contributed by atoms with Gasteiger partial charge in [-0.15, -0.1) is 0 Å². The van der Waals surface area contributed by atoms with Gasteiger partial charge in [0.2, 0.25) is 5.91 Å². The van der Waals surface area contributed by atoms with Crippen molar-refractivity contribution in [2.45, 2.75) is 6.92 Å². The number of methoxy groups -OCH3 is 1. The van der Waals surface area contributed by atoms with E-state index in [1.165, 1.54) is 6.92 Å². The fraction of sp³-hybridized carbons (Fsp3) is 0.429. The molecular weight excluding hydrogens is 244 g/mol. The highest BCUT2D eigenvalue weighted by Crippen LogP contribution is 1.97. The Bertz CT molecular complexity index is 406. The SMILES string of the molecule is COCCN(CCNC(=O)c1ccccc1)C(C)=O. The lowest BCUT2D eigenvalue weighted by Gasteiger charge is -2.20. The summed E-state index contributed by atoms with van der Waals surface area (Å²) in [4.78, 5) is 24.8. The molecule has 5 nitrogen and oxygen atoms in total. The van der Waals surface area contributed by atoms with Crippen LogP contribution in [-0.4, -0.2) is 50.1 Å². The standard InChI is InChI=1S/C14H20N2O3/c1-12(17)16(10-11-19-2)9-8-15-14(18)13-6-4-3-5-7-13/h3-7H,8-11H2,1-2H3,(H,15,18). The second-order valence-corrected chi connectivity index (χ2v) is 4.12. The van der Waals surface area contributed by atoms with Crippen molar-refractivity contribution in [1.29, 1.82) is 0 Å². The Morgan fingerprint density at radius 2 is 1.89 bits per heavy atom. The lowest BCUT2D eigenvalue weighted by Crippen LogP contribution is -2.39. The Hall–Kier alpha value is -1.88. The first-order valence-corrected chi connectivity index (χ1v) is 6.23. The number of hydrogen-bond acceptors (Lipinski definition) is 3. The van der Waals surface area contributed by atoms with Gasteiger partial charge in [-0.05, 0) is 12.1 Å². The van der Waals surface area contributed by atoms with E-state index >= 15 is 0 Å². The molecule has 104 valence electrons. The molecule has 1 N–H and O–H groups in total. The van der Waals surface area contributed by atoms with Crippen molar-refractivity contribution in [3.63, 3.8) is 0 Å². The van der Waals surface area contributed by atoms with Crippen LogP contribution in [0, 0.1) is 0 Å². The van der Waals surface area contributed by atoms with Gasteiger partial charge in [0.15, 0.2) is 0 Å². The third kappa shape index (κ3) is 5.52. The molecule has 0 saturated carbocycles. The molecule has 0 aliphatic heterocycles. The van der Waals surface area contributed by atoms with Crippen molar-refractivity contribution < 1.29 is 14.3 Å². The predicted molar refractivity (Wildman–Crippen MR) is 72.9 cm³/mol. The third-order valence-corrected chi connectivity index (χ3v) is 2.71. The number of carbonyl (C=O) groups excluding carboxylic acids is 2. The summed E-state index contributed by atoms with van der Waals surface area (Å²) in [7, 11) is 1.59. The van der Waals surface area contributed by atoms with Gasteiger partial charge in [0.25, 0.3) is 5.91 Å². The molecule has 2 amide bonds. The van der Waals surface area contributed by atoms with E-state index in [4.69, 9.17) is 4.74 Å². The first-order valence-electron chi connectivity index (χ1n) is 6.23. The van der Waals surface area contributed by atoms with Gasteiger partial charge in [-0.25, -0.2) is 0 Å². The summed E-state index contributed by atoms with van der Waals surface area (Å²) in [6, 6.07) is 9.00. The molecule has 0 aromatic heterocycles. The van der Waals surface area contributed by atoms with Gasteiger partial charge in [-0.3, -0.25) is 9.59 Å². The minimum atomic E-state index is -0.129. The monoisotopic (exact) mass is 264 g/mol. The lowest BCUT2D eigenvalue weighted by molar-refractivity contribution is -0.129. The Labute approximate surface area is 113 Å². The summed E-state index contributed by atoms with van der Waals surface area (Å²) in [6.45, 7) is 3.45. The van der Waals surface area contributed by atoms with E-state index in [0.29, 0.717) is 31.8 Å². The van der Waals surface area contributed by atoms with Crippen LogP contribution in [0.2, 0.25) is 0 Å². The molecule has 19 heavy (non-hydrogen) atoms. The molecule has 0 saturated heterocycles. The number of ether oxygens (including phenoxy) is 1. The molecule has 1 rings (SSSR count). The zero-order chi connectivity index (χ0) is 14.1. The van der Waals surface area contributed by atoms with Crippen LogP contribution in [0.3, 0.4) is 0 Å². The van der Waals surface area contributed by atoms with E-state index in [9.17, 15) is 9.59 Å². The van der Waals surface area contributed by atoms with E-state index in [2.05, 4.69) is 5.32 Å². The zero-order valence-electron chi connectivity index (χ0n) is 11.4. The molecule has 0 aliphatic carbocycles. The van der Waals surface area contributed by atoms with Gasteiger partial charge in [0, 0.05) is 39.2 Å². The van der Waals surface area contributed by atoms with Crippen LogP contribution >= 0.6 is 0 Å². The zero-order valence-corrected chi connectivity index (χ0v) is 11.4. The van der Waals surface area contributed by atoms with Crippen molar-refractivity contribution in [3.05, 3.63) is 35.9 Å². The first kappa shape index (κ1) is 15.2. The van der Waals surface area contributed by atoms with Crippen LogP contribution < -0.4 is 5.32 Å². The summed E-state index contributed by atoms with van der Waals surface area (Å²) in [5.74, 6) is -0.151. The Kier molecular flexibility index (Phi) is 6.60. The summed E-state index contributed by atoms with van der Waals surface area (Å²) in [6.07, 6.45) is 0. The van der Waals surface area contributed by atoms with E-state index in [1.807, 2.05) is 18.2 Å². The maximum Gasteiger partial charge on any atom is 0.251 e. The highest BCUT2D eigenvalue weighted by atomic mass is 16.5. The van der Waals surface area contributed by atoms with Gasteiger partial charge in [-0.1, -0.05) is 18.2 Å². The molecular formula is C14H20N2O3. The topological polar surface area (TPSA) is 58.6 Å². The van der Waals surface area contributed by atoms with Crippen molar-refractivity contribution in [2.75, 3.05) is 33.4 Å². The Morgan fingerprint density at radius 3 is 2.47 bits per heavy atom. The van der Waals surface area contributed by atoms with Crippen LogP contribution in [0.5, 0.6) is 0 Å². The van der Waals surface area contributed by atoms with E-state index in [1.54, 1.807) is 24.1 Å². The minimum Gasteiger partial charge on any atom is -0.383 e. The third-order valence-electron chi connectivity index (χ3n) is 2.71. The quantitative estimate of drug-likeness (QED) is 0.796. The van der Waals surface area contributed by atoms with Crippen LogP contribution in [-0.2, 0) is 9.53 Å². The molecule has 1 aromatic carbocycles.